The molecule has 0 bridgehead atoms. The van der Waals surface area contributed by atoms with Crippen LogP contribution in [0.5, 0.6) is 5.75 Å². The summed E-state index contributed by atoms with van der Waals surface area (Å²) in [5.74, 6) is 0.364. The van der Waals surface area contributed by atoms with Crippen molar-refractivity contribution >= 4 is 0 Å². The van der Waals surface area contributed by atoms with Crippen LogP contribution in [0.15, 0.2) is 36.4 Å². The van der Waals surface area contributed by atoms with Crippen molar-refractivity contribution in [2.75, 3.05) is 0 Å². The Kier molecular flexibility index (Phi) is 2.69. The van der Waals surface area contributed by atoms with E-state index in [4.69, 9.17) is 0 Å². The number of aryl methyl sites for hydroxylation is 3. The van der Waals surface area contributed by atoms with Crippen LogP contribution < -0.4 is 0 Å². The lowest BCUT2D eigenvalue weighted by molar-refractivity contribution is 0.476. The molecule has 0 aliphatic carbocycles. The average Bonchev–Trinajstić information content (AvgIpc) is 2.15. The van der Waals surface area contributed by atoms with Crippen LogP contribution in [0.2, 0.25) is 0 Å². The van der Waals surface area contributed by atoms with E-state index >= 15 is 0 Å². The van der Waals surface area contributed by atoms with Crippen LogP contribution in [0.4, 0.5) is 0 Å². The zero-order valence-electron chi connectivity index (χ0n) is 9.91. The van der Waals surface area contributed by atoms with Crippen LogP contribution in [0.1, 0.15) is 16.7 Å². The normalized spacial score (nSPS) is 10.4. The minimum absolute atomic E-state index is 0.364. The van der Waals surface area contributed by atoms with Gasteiger partial charge in [-0.05, 0) is 43.5 Å². The molecule has 82 valence electrons. The lowest BCUT2D eigenvalue weighted by Gasteiger charge is -2.10. The van der Waals surface area contributed by atoms with Crippen molar-refractivity contribution in [3.8, 4) is 16.9 Å². The molecule has 0 unspecified atom stereocenters. The number of rotatable bonds is 1. The van der Waals surface area contributed by atoms with Crippen LogP contribution in [0.25, 0.3) is 11.1 Å². The number of hydrogen-bond acceptors (Lipinski definition) is 1. The Labute approximate surface area is 96.4 Å². The van der Waals surface area contributed by atoms with E-state index in [0.717, 1.165) is 22.3 Å². The summed E-state index contributed by atoms with van der Waals surface area (Å²) < 4.78 is 0. The summed E-state index contributed by atoms with van der Waals surface area (Å²) in [5.41, 5.74) is 5.43. The summed E-state index contributed by atoms with van der Waals surface area (Å²) in [6.45, 7) is 6.08. The van der Waals surface area contributed by atoms with Gasteiger partial charge in [-0.3, -0.25) is 0 Å². The van der Waals surface area contributed by atoms with Crippen LogP contribution in [0, 0.1) is 20.8 Å². The summed E-state index contributed by atoms with van der Waals surface area (Å²) in [5, 5.41) is 10.0. The van der Waals surface area contributed by atoms with E-state index in [2.05, 4.69) is 25.1 Å². The van der Waals surface area contributed by atoms with Gasteiger partial charge in [0.15, 0.2) is 0 Å². The van der Waals surface area contributed by atoms with Gasteiger partial charge >= 0.3 is 0 Å². The van der Waals surface area contributed by atoms with Crippen molar-refractivity contribution in [2.45, 2.75) is 20.8 Å². The van der Waals surface area contributed by atoms with Crippen LogP contribution in [-0.4, -0.2) is 5.11 Å². The van der Waals surface area contributed by atoms with Gasteiger partial charge in [0.2, 0.25) is 0 Å². The fourth-order valence-corrected chi connectivity index (χ4v) is 2.12. The number of hydrogen-bond donors (Lipinski definition) is 1. The highest BCUT2D eigenvalue weighted by Gasteiger charge is 2.08. The largest absolute Gasteiger partial charge is 0.507 e. The average molecular weight is 212 g/mol. The highest BCUT2D eigenvalue weighted by molar-refractivity contribution is 5.74. The fraction of sp³-hybridized carbons (Fsp3) is 0.200. The minimum Gasteiger partial charge on any atom is -0.507 e. The number of phenolic OH excluding ortho intramolecular Hbond substituents is 1. The van der Waals surface area contributed by atoms with Crippen LogP contribution in [-0.2, 0) is 0 Å². The third-order valence-corrected chi connectivity index (χ3v) is 2.77. The third kappa shape index (κ3) is 1.94. The molecule has 0 aliphatic heterocycles. The Morgan fingerprint density at radius 3 is 2.25 bits per heavy atom. The maximum absolute atomic E-state index is 10.0. The van der Waals surface area contributed by atoms with E-state index in [1.807, 2.05) is 32.0 Å². The molecule has 1 N–H and O–H groups in total. The van der Waals surface area contributed by atoms with Gasteiger partial charge in [-0.15, -0.1) is 0 Å². The van der Waals surface area contributed by atoms with Crippen molar-refractivity contribution in [1.82, 2.24) is 0 Å². The number of benzene rings is 2. The molecule has 2 aromatic rings. The van der Waals surface area contributed by atoms with Crippen LogP contribution in [0.3, 0.4) is 0 Å². The van der Waals surface area contributed by atoms with E-state index in [-0.39, 0.29) is 0 Å². The van der Waals surface area contributed by atoms with E-state index in [0.29, 0.717) is 5.75 Å². The molecule has 1 heteroatoms. The van der Waals surface area contributed by atoms with Crippen molar-refractivity contribution in [3.63, 3.8) is 0 Å². The zero-order chi connectivity index (χ0) is 11.7. The van der Waals surface area contributed by atoms with E-state index in [9.17, 15) is 5.11 Å². The van der Waals surface area contributed by atoms with Gasteiger partial charge < -0.3 is 5.11 Å². The Hall–Kier alpha value is -1.76. The second-order valence-electron chi connectivity index (χ2n) is 4.35. The standard InChI is InChI=1S/C15H16O/c1-10-5-4-6-13(8-10)15-12(3)7-11(2)9-14(15)16/h4-9,16H,1-3H3. The second kappa shape index (κ2) is 4.01. The highest BCUT2D eigenvalue weighted by atomic mass is 16.3. The Morgan fingerprint density at radius 1 is 0.875 bits per heavy atom. The summed E-state index contributed by atoms with van der Waals surface area (Å²) in [6, 6.07) is 12.1. The van der Waals surface area contributed by atoms with Gasteiger partial charge in [-0.2, -0.15) is 0 Å². The predicted molar refractivity (Wildman–Crippen MR) is 67.8 cm³/mol. The first-order valence-corrected chi connectivity index (χ1v) is 5.45. The SMILES string of the molecule is Cc1cccc(-c2c(C)cc(C)cc2O)c1. The maximum atomic E-state index is 10.0. The van der Waals surface area contributed by atoms with Crippen molar-refractivity contribution in [2.24, 2.45) is 0 Å². The van der Waals surface area contributed by atoms with Gasteiger partial charge in [0, 0.05) is 5.56 Å². The molecule has 0 atom stereocenters. The monoisotopic (exact) mass is 212 g/mol. The molecule has 0 fully saturated rings. The van der Waals surface area contributed by atoms with Gasteiger partial charge in [0.05, 0.1) is 0 Å². The van der Waals surface area contributed by atoms with Crippen molar-refractivity contribution in [3.05, 3.63) is 53.1 Å². The van der Waals surface area contributed by atoms with Crippen molar-refractivity contribution in [1.29, 1.82) is 0 Å². The van der Waals surface area contributed by atoms with E-state index in [1.54, 1.807) is 0 Å². The van der Waals surface area contributed by atoms with Crippen molar-refractivity contribution < 1.29 is 5.11 Å². The quantitative estimate of drug-likeness (QED) is 0.758. The van der Waals surface area contributed by atoms with Crippen LogP contribution >= 0.6 is 0 Å². The molecule has 0 aliphatic rings. The third-order valence-electron chi connectivity index (χ3n) is 2.77. The zero-order valence-corrected chi connectivity index (χ0v) is 9.91. The molecule has 2 rings (SSSR count). The lowest BCUT2D eigenvalue weighted by atomic mass is 9.96. The lowest BCUT2D eigenvalue weighted by Crippen LogP contribution is -1.87. The molecule has 1 nitrogen and oxygen atoms in total. The van der Waals surface area contributed by atoms with Gasteiger partial charge in [0.1, 0.15) is 5.75 Å². The molecule has 0 saturated carbocycles. The fourth-order valence-electron chi connectivity index (χ4n) is 2.12. The first kappa shape index (κ1) is 10.7. The summed E-state index contributed by atoms with van der Waals surface area (Å²) in [4.78, 5) is 0. The number of phenols is 1. The minimum atomic E-state index is 0.364. The highest BCUT2D eigenvalue weighted by Crippen LogP contribution is 2.33. The first-order chi connectivity index (χ1) is 7.58. The molecular formula is C15H16O. The summed E-state index contributed by atoms with van der Waals surface area (Å²) in [6.07, 6.45) is 0. The molecule has 0 saturated heterocycles. The molecule has 16 heavy (non-hydrogen) atoms. The molecule has 0 amide bonds. The smallest absolute Gasteiger partial charge is 0.123 e. The molecule has 0 heterocycles. The summed E-state index contributed by atoms with van der Waals surface area (Å²) in [7, 11) is 0. The molecule has 2 aromatic carbocycles. The maximum Gasteiger partial charge on any atom is 0.123 e. The Bertz CT molecular complexity index is 504. The summed E-state index contributed by atoms with van der Waals surface area (Å²) >= 11 is 0. The predicted octanol–water partition coefficient (Wildman–Crippen LogP) is 3.98. The topological polar surface area (TPSA) is 20.2 Å². The molecular weight excluding hydrogens is 196 g/mol. The van der Waals surface area contributed by atoms with Gasteiger partial charge in [-0.25, -0.2) is 0 Å². The van der Waals surface area contributed by atoms with Gasteiger partial charge in [-0.1, -0.05) is 35.9 Å². The molecule has 0 aromatic heterocycles. The Morgan fingerprint density at radius 2 is 1.62 bits per heavy atom. The second-order valence-corrected chi connectivity index (χ2v) is 4.35. The van der Waals surface area contributed by atoms with Gasteiger partial charge in [0.25, 0.3) is 0 Å². The first-order valence-electron chi connectivity index (χ1n) is 5.45. The molecule has 0 radical (unpaired) electrons. The van der Waals surface area contributed by atoms with E-state index < -0.39 is 0 Å². The van der Waals surface area contributed by atoms with E-state index in [1.165, 1.54) is 5.56 Å². The Balaban J connectivity index is 2.64. The molecule has 0 spiro atoms. The number of aromatic hydroxyl groups is 1.